The van der Waals surface area contributed by atoms with E-state index in [4.69, 9.17) is 27.9 Å². The molecular formula is C19H17Cl2N4O. The average Bonchev–Trinajstić information content (AvgIpc) is 2.65. The van der Waals surface area contributed by atoms with Crippen LogP contribution >= 0.6 is 23.2 Å². The Bertz CT molecular complexity index is 929. The molecule has 1 aliphatic heterocycles. The van der Waals surface area contributed by atoms with Crippen LogP contribution in [0.25, 0.3) is 10.9 Å². The number of ether oxygens (including phenoxy) is 1. The van der Waals surface area contributed by atoms with E-state index < -0.39 is 0 Å². The topological polar surface area (TPSA) is 59.1 Å². The maximum atomic E-state index is 6.32. The van der Waals surface area contributed by atoms with Crippen LogP contribution < -0.4 is 15.4 Å². The van der Waals surface area contributed by atoms with Crippen molar-refractivity contribution < 1.29 is 4.74 Å². The van der Waals surface area contributed by atoms with Gasteiger partial charge in [0.05, 0.1) is 10.0 Å². The van der Waals surface area contributed by atoms with Gasteiger partial charge < -0.3 is 15.4 Å². The first-order chi connectivity index (χ1) is 12.7. The largest absolute Gasteiger partial charge is 0.488 e. The Labute approximate surface area is 161 Å². The summed E-state index contributed by atoms with van der Waals surface area (Å²) in [6.07, 6.45) is 3.83. The van der Waals surface area contributed by atoms with Crippen LogP contribution in [0.15, 0.2) is 36.5 Å². The molecule has 0 saturated carbocycles. The van der Waals surface area contributed by atoms with Crippen LogP contribution in [0, 0.1) is 6.07 Å². The SMILES string of the molecule is Clc1[c]ccc(Nc2ncc3c(Cl)ccc(OC4CCNCC4)c3n2)c1. The number of rotatable bonds is 4. The number of nitrogens with one attached hydrogen (secondary N) is 2. The summed E-state index contributed by atoms with van der Waals surface area (Å²) in [5.74, 6) is 1.18. The minimum Gasteiger partial charge on any atom is -0.488 e. The van der Waals surface area contributed by atoms with Crippen LogP contribution in [-0.2, 0) is 0 Å². The summed E-state index contributed by atoms with van der Waals surface area (Å²) in [5.41, 5.74) is 1.48. The van der Waals surface area contributed by atoms with E-state index >= 15 is 0 Å². The molecule has 3 aromatic rings. The summed E-state index contributed by atoms with van der Waals surface area (Å²) in [5, 5.41) is 8.38. The van der Waals surface area contributed by atoms with Crippen molar-refractivity contribution in [2.45, 2.75) is 18.9 Å². The molecule has 4 rings (SSSR count). The minimum absolute atomic E-state index is 0.176. The van der Waals surface area contributed by atoms with Gasteiger partial charge in [-0.1, -0.05) is 29.3 Å². The smallest absolute Gasteiger partial charge is 0.227 e. The maximum absolute atomic E-state index is 6.32. The fourth-order valence-electron chi connectivity index (χ4n) is 2.95. The molecule has 2 aromatic carbocycles. The van der Waals surface area contributed by atoms with Crippen molar-refractivity contribution in [3.8, 4) is 5.75 Å². The van der Waals surface area contributed by atoms with Crippen LogP contribution in [0.5, 0.6) is 5.75 Å². The summed E-state index contributed by atoms with van der Waals surface area (Å²) in [4.78, 5) is 8.98. The first-order valence-corrected chi connectivity index (χ1v) is 9.21. The Morgan fingerprint density at radius 3 is 2.85 bits per heavy atom. The fraction of sp³-hybridized carbons (Fsp3) is 0.263. The van der Waals surface area contributed by atoms with E-state index in [1.54, 1.807) is 18.3 Å². The van der Waals surface area contributed by atoms with Crippen molar-refractivity contribution in [3.05, 3.63) is 52.6 Å². The lowest BCUT2D eigenvalue weighted by molar-refractivity contribution is 0.164. The van der Waals surface area contributed by atoms with E-state index in [1.807, 2.05) is 18.2 Å². The predicted octanol–water partition coefficient (Wildman–Crippen LogP) is 4.61. The van der Waals surface area contributed by atoms with Gasteiger partial charge in [0.25, 0.3) is 0 Å². The number of hydrogen-bond donors (Lipinski definition) is 2. The number of hydrogen-bond acceptors (Lipinski definition) is 5. The quantitative estimate of drug-likeness (QED) is 0.684. The molecule has 2 heterocycles. The molecule has 0 aliphatic carbocycles. The molecule has 1 aliphatic rings. The van der Waals surface area contributed by atoms with Gasteiger partial charge in [0, 0.05) is 23.3 Å². The molecule has 0 unspecified atom stereocenters. The zero-order valence-electron chi connectivity index (χ0n) is 13.9. The number of halogens is 2. The van der Waals surface area contributed by atoms with Gasteiger partial charge in [-0.2, -0.15) is 0 Å². The molecule has 0 bridgehead atoms. The second-order valence-corrected chi connectivity index (χ2v) is 6.93. The molecule has 26 heavy (non-hydrogen) atoms. The second-order valence-electron chi connectivity index (χ2n) is 6.12. The number of nitrogens with zero attached hydrogens (tertiary/aromatic N) is 2. The molecule has 1 fully saturated rings. The van der Waals surface area contributed by atoms with Crippen LogP contribution in [0.2, 0.25) is 10.0 Å². The van der Waals surface area contributed by atoms with Gasteiger partial charge in [0.2, 0.25) is 5.95 Å². The third-order valence-corrected chi connectivity index (χ3v) is 4.81. The maximum Gasteiger partial charge on any atom is 0.227 e. The molecule has 0 spiro atoms. The zero-order chi connectivity index (χ0) is 17.9. The highest BCUT2D eigenvalue weighted by molar-refractivity contribution is 6.35. The number of aromatic nitrogens is 2. The lowest BCUT2D eigenvalue weighted by atomic mass is 10.1. The first kappa shape index (κ1) is 17.3. The van der Waals surface area contributed by atoms with Gasteiger partial charge in [-0.25, -0.2) is 9.97 Å². The predicted molar refractivity (Wildman–Crippen MR) is 105 cm³/mol. The molecule has 133 valence electrons. The number of anilines is 2. The molecule has 5 nitrogen and oxygen atoms in total. The molecule has 1 aromatic heterocycles. The number of benzene rings is 2. The lowest BCUT2D eigenvalue weighted by Crippen LogP contribution is -2.34. The van der Waals surface area contributed by atoms with E-state index in [0.29, 0.717) is 21.5 Å². The molecule has 7 heteroatoms. The van der Waals surface area contributed by atoms with Gasteiger partial charge in [0.1, 0.15) is 17.4 Å². The summed E-state index contributed by atoms with van der Waals surface area (Å²) in [6.45, 7) is 1.92. The lowest BCUT2D eigenvalue weighted by Gasteiger charge is -2.24. The van der Waals surface area contributed by atoms with Crippen LogP contribution in [-0.4, -0.2) is 29.2 Å². The van der Waals surface area contributed by atoms with E-state index in [-0.39, 0.29) is 6.10 Å². The van der Waals surface area contributed by atoms with Crippen molar-refractivity contribution in [1.29, 1.82) is 0 Å². The van der Waals surface area contributed by atoms with Gasteiger partial charge in [-0.05, 0) is 50.2 Å². The fourth-order valence-corrected chi connectivity index (χ4v) is 3.34. The number of fused-ring (bicyclic) bond motifs is 1. The van der Waals surface area contributed by atoms with Crippen LogP contribution in [0.3, 0.4) is 0 Å². The van der Waals surface area contributed by atoms with Crippen molar-refractivity contribution in [1.82, 2.24) is 15.3 Å². The van der Waals surface area contributed by atoms with Crippen molar-refractivity contribution >= 4 is 45.7 Å². The minimum atomic E-state index is 0.176. The van der Waals surface area contributed by atoms with E-state index in [9.17, 15) is 0 Å². The Balaban J connectivity index is 1.67. The Morgan fingerprint density at radius 2 is 2.04 bits per heavy atom. The highest BCUT2D eigenvalue weighted by Gasteiger charge is 2.17. The zero-order valence-corrected chi connectivity index (χ0v) is 15.4. The molecule has 0 amide bonds. The summed E-state index contributed by atoms with van der Waals surface area (Å²) >= 11 is 12.3. The summed E-state index contributed by atoms with van der Waals surface area (Å²) in [6, 6.07) is 11.9. The molecule has 2 N–H and O–H groups in total. The summed E-state index contributed by atoms with van der Waals surface area (Å²) < 4.78 is 6.21. The highest BCUT2D eigenvalue weighted by Crippen LogP contribution is 2.32. The third kappa shape index (κ3) is 3.85. The van der Waals surface area contributed by atoms with Crippen molar-refractivity contribution in [2.24, 2.45) is 0 Å². The van der Waals surface area contributed by atoms with Crippen molar-refractivity contribution in [2.75, 3.05) is 18.4 Å². The van der Waals surface area contributed by atoms with E-state index in [1.165, 1.54) is 0 Å². The van der Waals surface area contributed by atoms with E-state index in [0.717, 1.165) is 42.8 Å². The van der Waals surface area contributed by atoms with Crippen LogP contribution in [0.4, 0.5) is 11.6 Å². The van der Waals surface area contributed by atoms with Gasteiger partial charge in [-0.15, -0.1) is 0 Å². The van der Waals surface area contributed by atoms with Crippen LogP contribution in [0.1, 0.15) is 12.8 Å². The molecular weight excluding hydrogens is 371 g/mol. The van der Waals surface area contributed by atoms with E-state index in [2.05, 4.69) is 26.7 Å². The Kier molecular flexibility index (Phi) is 5.11. The van der Waals surface area contributed by atoms with Gasteiger partial charge >= 0.3 is 0 Å². The monoisotopic (exact) mass is 387 g/mol. The standard InChI is InChI=1S/C19H17Cl2N4O/c20-12-2-1-3-13(10-12)24-19-23-11-15-16(21)4-5-17(18(15)25-19)26-14-6-8-22-9-7-14/h1,3-5,10-11,14,22H,6-9H2,(H,23,24,25). The van der Waals surface area contributed by atoms with Gasteiger partial charge in [0.15, 0.2) is 0 Å². The normalized spacial score (nSPS) is 15.2. The molecule has 0 atom stereocenters. The Hall–Kier alpha value is -2.08. The first-order valence-electron chi connectivity index (χ1n) is 8.46. The average molecular weight is 388 g/mol. The second kappa shape index (κ2) is 7.66. The molecule has 1 radical (unpaired) electrons. The molecule has 1 saturated heterocycles. The third-order valence-electron chi connectivity index (χ3n) is 4.26. The van der Waals surface area contributed by atoms with Gasteiger partial charge in [-0.3, -0.25) is 0 Å². The number of piperidine rings is 1. The Morgan fingerprint density at radius 1 is 1.19 bits per heavy atom. The van der Waals surface area contributed by atoms with Crippen molar-refractivity contribution in [3.63, 3.8) is 0 Å². The highest BCUT2D eigenvalue weighted by atomic mass is 35.5. The summed E-state index contributed by atoms with van der Waals surface area (Å²) in [7, 11) is 0.